The number of nitrogens with one attached hydrogen (secondary N) is 1. The zero-order valence-corrected chi connectivity index (χ0v) is 11.5. The van der Waals surface area contributed by atoms with E-state index in [1.807, 2.05) is 13.8 Å². The van der Waals surface area contributed by atoms with Crippen LogP contribution in [-0.2, 0) is 4.74 Å². The van der Waals surface area contributed by atoms with E-state index >= 15 is 0 Å². The van der Waals surface area contributed by atoms with E-state index in [1.54, 1.807) is 0 Å². The van der Waals surface area contributed by atoms with Crippen molar-refractivity contribution in [2.75, 3.05) is 25.1 Å². The van der Waals surface area contributed by atoms with Crippen molar-refractivity contribution in [2.45, 2.75) is 13.8 Å². The van der Waals surface area contributed by atoms with Gasteiger partial charge in [-0.15, -0.1) is 0 Å². The molecule has 0 aromatic heterocycles. The van der Waals surface area contributed by atoms with Gasteiger partial charge in [-0.25, -0.2) is 4.79 Å². The van der Waals surface area contributed by atoms with Crippen molar-refractivity contribution in [1.82, 2.24) is 0 Å². The lowest BCUT2D eigenvalue weighted by molar-refractivity contribution is -0.384. The lowest BCUT2D eigenvalue weighted by atomic mass is 10.1. The standard InChI is InChI=1S/C13H18N2O5/c1-9(2)8-20-6-5-14-12-4-3-10(15(18)19)7-11(12)13(16)17/h3-4,7,9,14H,5-6,8H2,1-2H3,(H,16,17). The lowest BCUT2D eigenvalue weighted by Crippen LogP contribution is -2.14. The predicted octanol–water partition coefficient (Wildman–Crippen LogP) is 2.38. The van der Waals surface area contributed by atoms with Crippen LogP contribution in [0.1, 0.15) is 24.2 Å². The van der Waals surface area contributed by atoms with Crippen LogP contribution in [0, 0.1) is 16.0 Å². The van der Waals surface area contributed by atoms with Gasteiger partial charge in [-0.05, 0) is 12.0 Å². The Morgan fingerprint density at radius 2 is 2.20 bits per heavy atom. The minimum Gasteiger partial charge on any atom is -0.478 e. The van der Waals surface area contributed by atoms with Gasteiger partial charge in [0.15, 0.2) is 0 Å². The van der Waals surface area contributed by atoms with Crippen LogP contribution in [-0.4, -0.2) is 35.8 Å². The fraction of sp³-hybridized carbons (Fsp3) is 0.462. The number of rotatable bonds is 8. The highest BCUT2D eigenvalue weighted by Crippen LogP contribution is 2.22. The van der Waals surface area contributed by atoms with Gasteiger partial charge in [0.2, 0.25) is 0 Å². The van der Waals surface area contributed by atoms with E-state index in [0.717, 1.165) is 6.07 Å². The monoisotopic (exact) mass is 282 g/mol. The molecule has 0 aliphatic rings. The Labute approximate surface area is 116 Å². The summed E-state index contributed by atoms with van der Waals surface area (Å²) in [6, 6.07) is 3.70. The van der Waals surface area contributed by atoms with Crippen molar-refractivity contribution in [2.24, 2.45) is 5.92 Å². The molecule has 0 unspecified atom stereocenters. The topological polar surface area (TPSA) is 102 Å². The van der Waals surface area contributed by atoms with Crippen LogP contribution < -0.4 is 5.32 Å². The number of carboxylic acids is 1. The fourth-order valence-electron chi connectivity index (χ4n) is 1.55. The normalized spacial score (nSPS) is 10.6. The van der Waals surface area contributed by atoms with Crippen molar-refractivity contribution in [3.05, 3.63) is 33.9 Å². The lowest BCUT2D eigenvalue weighted by Gasteiger charge is -2.10. The molecule has 0 aliphatic heterocycles. The summed E-state index contributed by atoms with van der Waals surface area (Å²) in [4.78, 5) is 21.1. The van der Waals surface area contributed by atoms with Crippen LogP contribution in [0.2, 0.25) is 0 Å². The molecule has 0 atom stereocenters. The second kappa shape index (κ2) is 7.44. The number of hydrogen-bond donors (Lipinski definition) is 2. The van der Waals surface area contributed by atoms with Crippen LogP contribution in [0.25, 0.3) is 0 Å². The highest BCUT2D eigenvalue weighted by molar-refractivity contribution is 5.95. The Kier molecular flexibility index (Phi) is 5.92. The van der Waals surface area contributed by atoms with Gasteiger partial charge in [0.25, 0.3) is 5.69 Å². The molecular formula is C13H18N2O5. The van der Waals surface area contributed by atoms with Gasteiger partial charge < -0.3 is 15.2 Å². The summed E-state index contributed by atoms with van der Waals surface area (Å²) in [7, 11) is 0. The molecule has 0 saturated carbocycles. The molecule has 7 heteroatoms. The second-order valence-corrected chi connectivity index (χ2v) is 4.69. The van der Waals surface area contributed by atoms with E-state index in [9.17, 15) is 14.9 Å². The Balaban J connectivity index is 2.65. The summed E-state index contributed by atoms with van der Waals surface area (Å²) < 4.78 is 5.36. The van der Waals surface area contributed by atoms with E-state index in [-0.39, 0.29) is 11.3 Å². The summed E-state index contributed by atoms with van der Waals surface area (Å²) in [5, 5.41) is 22.6. The van der Waals surface area contributed by atoms with Crippen molar-refractivity contribution < 1.29 is 19.6 Å². The summed E-state index contributed by atoms with van der Waals surface area (Å²) >= 11 is 0. The van der Waals surface area contributed by atoms with E-state index in [4.69, 9.17) is 9.84 Å². The molecule has 0 heterocycles. The van der Waals surface area contributed by atoms with Crippen LogP contribution >= 0.6 is 0 Å². The zero-order valence-electron chi connectivity index (χ0n) is 11.5. The third kappa shape index (κ3) is 4.85. The first-order valence-corrected chi connectivity index (χ1v) is 6.25. The van der Waals surface area contributed by atoms with E-state index < -0.39 is 10.9 Å². The molecule has 20 heavy (non-hydrogen) atoms. The summed E-state index contributed by atoms with van der Waals surface area (Å²) in [6.45, 7) is 5.57. The van der Waals surface area contributed by atoms with E-state index in [1.165, 1.54) is 12.1 Å². The molecule has 110 valence electrons. The van der Waals surface area contributed by atoms with Crippen molar-refractivity contribution in [3.8, 4) is 0 Å². The average Bonchev–Trinajstić information content (AvgIpc) is 2.37. The molecule has 0 amide bonds. The maximum atomic E-state index is 11.1. The smallest absolute Gasteiger partial charge is 0.338 e. The number of nitro benzene ring substituents is 1. The number of hydrogen-bond acceptors (Lipinski definition) is 5. The molecule has 0 radical (unpaired) electrons. The molecule has 0 saturated heterocycles. The fourth-order valence-corrected chi connectivity index (χ4v) is 1.55. The molecule has 2 N–H and O–H groups in total. The Bertz CT molecular complexity index is 488. The molecule has 1 aromatic rings. The molecule has 1 rings (SSSR count). The number of non-ortho nitro benzene ring substituents is 1. The number of ether oxygens (including phenoxy) is 1. The Morgan fingerprint density at radius 1 is 1.50 bits per heavy atom. The molecule has 7 nitrogen and oxygen atoms in total. The largest absolute Gasteiger partial charge is 0.478 e. The number of nitrogens with zero attached hydrogens (tertiary/aromatic N) is 1. The zero-order chi connectivity index (χ0) is 15.1. The van der Waals surface area contributed by atoms with Crippen molar-refractivity contribution in [1.29, 1.82) is 0 Å². The Morgan fingerprint density at radius 3 is 2.75 bits per heavy atom. The van der Waals surface area contributed by atoms with Crippen molar-refractivity contribution >= 4 is 17.3 Å². The van der Waals surface area contributed by atoms with E-state index in [0.29, 0.717) is 31.4 Å². The predicted molar refractivity (Wildman–Crippen MR) is 74.2 cm³/mol. The highest BCUT2D eigenvalue weighted by Gasteiger charge is 2.15. The van der Waals surface area contributed by atoms with Gasteiger partial charge in [0.05, 0.1) is 17.1 Å². The maximum Gasteiger partial charge on any atom is 0.338 e. The number of nitro groups is 1. The van der Waals surface area contributed by atoms with Crippen LogP contribution in [0.5, 0.6) is 0 Å². The summed E-state index contributed by atoms with van der Waals surface area (Å²) in [6.07, 6.45) is 0. The molecule has 0 fully saturated rings. The van der Waals surface area contributed by atoms with Gasteiger partial charge in [-0.2, -0.15) is 0 Å². The molecular weight excluding hydrogens is 264 g/mol. The number of anilines is 1. The first-order valence-electron chi connectivity index (χ1n) is 6.25. The summed E-state index contributed by atoms with van der Waals surface area (Å²) in [5.74, 6) is -0.775. The summed E-state index contributed by atoms with van der Waals surface area (Å²) in [5.41, 5.74) is -0.0247. The van der Waals surface area contributed by atoms with Gasteiger partial charge in [-0.1, -0.05) is 13.8 Å². The number of carbonyl (C=O) groups is 1. The third-order valence-electron chi connectivity index (χ3n) is 2.46. The van der Waals surface area contributed by atoms with Crippen LogP contribution in [0.3, 0.4) is 0 Å². The minimum absolute atomic E-state index is 0.122. The highest BCUT2D eigenvalue weighted by atomic mass is 16.6. The molecule has 0 aliphatic carbocycles. The quantitative estimate of drug-likeness (QED) is 0.431. The van der Waals surface area contributed by atoms with Gasteiger partial charge in [-0.3, -0.25) is 10.1 Å². The maximum absolute atomic E-state index is 11.1. The number of carboxylic acid groups (broad SMARTS) is 1. The Hall–Kier alpha value is -2.15. The van der Waals surface area contributed by atoms with Gasteiger partial charge in [0.1, 0.15) is 0 Å². The first-order chi connectivity index (χ1) is 9.41. The first kappa shape index (κ1) is 15.9. The van der Waals surface area contributed by atoms with Crippen LogP contribution in [0.4, 0.5) is 11.4 Å². The molecule has 1 aromatic carbocycles. The number of benzene rings is 1. The average molecular weight is 282 g/mol. The molecule has 0 bridgehead atoms. The van der Waals surface area contributed by atoms with Gasteiger partial charge >= 0.3 is 5.97 Å². The molecule has 0 spiro atoms. The number of aromatic carboxylic acids is 1. The van der Waals surface area contributed by atoms with E-state index in [2.05, 4.69) is 5.32 Å². The SMILES string of the molecule is CC(C)COCCNc1ccc([N+](=O)[O-])cc1C(=O)O. The van der Waals surface area contributed by atoms with Gasteiger partial charge in [0, 0.05) is 31.0 Å². The van der Waals surface area contributed by atoms with Crippen molar-refractivity contribution in [3.63, 3.8) is 0 Å². The minimum atomic E-state index is -1.21. The third-order valence-corrected chi connectivity index (χ3v) is 2.46. The van der Waals surface area contributed by atoms with Crippen LogP contribution in [0.15, 0.2) is 18.2 Å². The second-order valence-electron chi connectivity index (χ2n) is 4.69.